The fourth-order valence-corrected chi connectivity index (χ4v) is 2.07. The number of amides is 1. The molecule has 1 aromatic carbocycles. The smallest absolute Gasteiger partial charge is 0.269 e. The molecule has 0 saturated carbocycles. The summed E-state index contributed by atoms with van der Waals surface area (Å²) in [4.78, 5) is 21.9. The lowest BCUT2D eigenvalue weighted by atomic mass is 10.1. The van der Waals surface area contributed by atoms with Gasteiger partial charge in [-0.1, -0.05) is 22.9 Å². The highest BCUT2D eigenvalue weighted by Crippen LogP contribution is 2.12. The summed E-state index contributed by atoms with van der Waals surface area (Å²) in [6.45, 7) is 2.00. The molecular formula is C12H15BrN2O3. The van der Waals surface area contributed by atoms with Gasteiger partial charge in [-0.25, -0.2) is 0 Å². The summed E-state index contributed by atoms with van der Waals surface area (Å²) in [5.41, 5.74) is 0.424. The van der Waals surface area contributed by atoms with Crippen LogP contribution in [0.3, 0.4) is 0 Å². The van der Waals surface area contributed by atoms with Crippen LogP contribution in [0.1, 0.15) is 30.1 Å². The topological polar surface area (TPSA) is 72.2 Å². The van der Waals surface area contributed by atoms with Gasteiger partial charge in [-0.3, -0.25) is 14.9 Å². The Hall–Kier alpha value is -1.43. The third-order valence-electron chi connectivity index (χ3n) is 2.63. The lowest BCUT2D eigenvalue weighted by Crippen LogP contribution is -2.34. The number of nitro benzene ring substituents is 1. The van der Waals surface area contributed by atoms with Gasteiger partial charge >= 0.3 is 0 Å². The number of carbonyl (C=O) groups is 1. The highest BCUT2D eigenvalue weighted by molar-refractivity contribution is 9.09. The molecule has 0 aliphatic carbocycles. The molecule has 0 heterocycles. The van der Waals surface area contributed by atoms with Crippen molar-refractivity contribution >= 4 is 27.5 Å². The van der Waals surface area contributed by atoms with E-state index in [4.69, 9.17) is 0 Å². The first-order chi connectivity index (χ1) is 8.58. The number of benzene rings is 1. The number of nitrogens with zero attached hydrogens (tertiary/aromatic N) is 1. The molecule has 0 spiro atoms. The fourth-order valence-electron chi connectivity index (χ4n) is 1.51. The van der Waals surface area contributed by atoms with Gasteiger partial charge in [0.15, 0.2) is 0 Å². The Balaban J connectivity index is 2.69. The van der Waals surface area contributed by atoms with Gasteiger partial charge in [-0.05, 0) is 25.0 Å². The molecule has 0 fully saturated rings. The highest BCUT2D eigenvalue weighted by atomic mass is 79.9. The standard InChI is InChI=1S/C12H15BrN2O3/c1-2-10(7-8-13)14-12(16)9-3-5-11(6-4-9)15(17)18/h3-6,10H,2,7-8H2,1H3,(H,14,16). The molecule has 98 valence electrons. The van der Waals surface area contributed by atoms with Crippen LogP contribution in [0.4, 0.5) is 5.69 Å². The van der Waals surface area contributed by atoms with Gasteiger partial charge in [-0.2, -0.15) is 0 Å². The number of nitro groups is 1. The first-order valence-electron chi connectivity index (χ1n) is 5.69. The average molecular weight is 315 g/mol. The zero-order chi connectivity index (χ0) is 13.5. The molecule has 1 amide bonds. The molecule has 0 aliphatic rings. The Morgan fingerprint density at radius 2 is 2.06 bits per heavy atom. The molecule has 1 atom stereocenters. The monoisotopic (exact) mass is 314 g/mol. The number of carbonyl (C=O) groups excluding carboxylic acids is 1. The molecule has 0 aromatic heterocycles. The van der Waals surface area contributed by atoms with Crippen molar-refractivity contribution in [1.82, 2.24) is 5.32 Å². The van der Waals surface area contributed by atoms with Crippen molar-refractivity contribution in [3.63, 3.8) is 0 Å². The van der Waals surface area contributed by atoms with Gasteiger partial charge in [0.05, 0.1) is 4.92 Å². The SMILES string of the molecule is CCC(CCBr)NC(=O)c1ccc([N+](=O)[O-])cc1. The van der Waals surface area contributed by atoms with E-state index >= 15 is 0 Å². The first-order valence-corrected chi connectivity index (χ1v) is 6.82. The molecule has 1 rings (SSSR count). The van der Waals surface area contributed by atoms with Gasteiger partial charge in [0, 0.05) is 29.1 Å². The molecule has 5 nitrogen and oxygen atoms in total. The Kier molecular flexibility index (Phi) is 5.77. The van der Waals surface area contributed by atoms with Gasteiger partial charge in [0.1, 0.15) is 0 Å². The maximum absolute atomic E-state index is 11.9. The molecule has 0 radical (unpaired) electrons. The largest absolute Gasteiger partial charge is 0.349 e. The predicted octanol–water partition coefficient (Wildman–Crippen LogP) is 2.89. The van der Waals surface area contributed by atoms with Crippen LogP contribution in [0.15, 0.2) is 24.3 Å². The van der Waals surface area contributed by atoms with Crippen molar-refractivity contribution in [1.29, 1.82) is 0 Å². The zero-order valence-corrected chi connectivity index (χ0v) is 11.6. The third kappa shape index (κ3) is 4.10. The second kappa shape index (κ2) is 7.10. The summed E-state index contributed by atoms with van der Waals surface area (Å²) in [5, 5.41) is 14.2. The minimum Gasteiger partial charge on any atom is -0.349 e. The number of nitrogens with one attached hydrogen (secondary N) is 1. The van der Waals surface area contributed by atoms with Crippen molar-refractivity contribution in [3.05, 3.63) is 39.9 Å². The summed E-state index contributed by atoms with van der Waals surface area (Å²) in [7, 11) is 0. The third-order valence-corrected chi connectivity index (χ3v) is 3.08. The fraction of sp³-hybridized carbons (Fsp3) is 0.417. The molecule has 0 aliphatic heterocycles. The summed E-state index contributed by atoms with van der Waals surface area (Å²) < 4.78 is 0. The van der Waals surface area contributed by atoms with Gasteiger partial charge in [0.2, 0.25) is 0 Å². The number of hydrogen-bond donors (Lipinski definition) is 1. The molecule has 1 N–H and O–H groups in total. The average Bonchev–Trinajstić information content (AvgIpc) is 2.38. The normalized spacial score (nSPS) is 11.9. The maximum atomic E-state index is 11.9. The van der Waals surface area contributed by atoms with Crippen LogP contribution in [-0.2, 0) is 0 Å². The van der Waals surface area contributed by atoms with E-state index in [0.29, 0.717) is 5.56 Å². The Labute approximate surface area is 114 Å². The van der Waals surface area contributed by atoms with E-state index in [-0.39, 0.29) is 17.6 Å². The Morgan fingerprint density at radius 3 is 2.50 bits per heavy atom. The van der Waals surface area contributed by atoms with E-state index < -0.39 is 4.92 Å². The van der Waals surface area contributed by atoms with Crippen LogP contribution in [0.25, 0.3) is 0 Å². The molecular weight excluding hydrogens is 300 g/mol. The minimum absolute atomic E-state index is 0.0148. The van der Waals surface area contributed by atoms with Crippen LogP contribution >= 0.6 is 15.9 Å². The molecule has 1 unspecified atom stereocenters. The van der Waals surface area contributed by atoms with Gasteiger partial charge in [0.25, 0.3) is 11.6 Å². The summed E-state index contributed by atoms with van der Waals surface area (Å²) in [6, 6.07) is 5.72. The van der Waals surface area contributed by atoms with Gasteiger partial charge < -0.3 is 5.32 Å². The Morgan fingerprint density at radius 1 is 1.44 bits per heavy atom. The summed E-state index contributed by atoms with van der Waals surface area (Å²) in [6.07, 6.45) is 1.71. The summed E-state index contributed by atoms with van der Waals surface area (Å²) >= 11 is 3.34. The van der Waals surface area contributed by atoms with Crippen molar-refractivity contribution < 1.29 is 9.72 Å². The van der Waals surface area contributed by atoms with Crippen molar-refractivity contribution in [3.8, 4) is 0 Å². The van der Waals surface area contributed by atoms with Gasteiger partial charge in [-0.15, -0.1) is 0 Å². The first kappa shape index (κ1) is 14.6. The van der Waals surface area contributed by atoms with Crippen LogP contribution < -0.4 is 5.32 Å². The lowest BCUT2D eigenvalue weighted by Gasteiger charge is -2.15. The second-order valence-corrected chi connectivity index (χ2v) is 4.65. The zero-order valence-electron chi connectivity index (χ0n) is 10.1. The Bertz CT molecular complexity index is 420. The predicted molar refractivity (Wildman–Crippen MR) is 73.1 cm³/mol. The molecule has 1 aromatic rings. The maximum Gasteiger partial charge on any atom is 0.269 e. The number of halogens is 1. The van der Waals surface area contributed by atoms with E-state index in [9.17, 15) is 14.9 Å². The van der Waals surface area contributed by atoms with Crippen LogP contribution in [0.2, 0.25) is 0 Å². The van der Waals surface area contributed by atoms with Crippen molar-refractivity contribution in [2.24, 2.45) is 0 Å². The number of rotatable bonds is 6. The quantitative estimate of drug-likeness (QED) is 0.498. The van der Waals surface area contributed by atoms with Crippen molar-refractivity contribution in [2.75, 3.05) is 5.33 Å². The van der Waals surface area contributed by atoms with Crippen LogP contribution in [0.5, 0.6) is 0 Å². The van der Waals surface area contributed by atoms with Crippen LogP contribution in [0, 0.1) is 10.1 Å². The van der Waals surface area contributed by atoms with Crippen molar-refractivity contribution in [2.45, 2.75) is 25.8 Å². The van der Waals surface area contributed by atoms with E-state index in [1.165, 1.54) is 24.3 Å². The molecule has 0 saturated heterocycles. The van der Waals surface area contributed by atoms with E-state index in [1.54, 1.807) is 0 Å². The second-order valence-electron chi connectivity index (χ2n) is 3.86. The highest BCUT2D eigenvalue weighted by Gasteiger charge is 2.13. The van der Waals surface area contributed by atoms with Crippen LogP contribution in [-0.4, -0.2) is 22.2 Å². The number of hydrogen-bond acceptors (Lipinski definition) is 3. The number of alkyl halides is 1. The van der Waals surface area contributed by atoms with E-state index in [2.05, 4.69) is 21.2 Å². The molecule has 6 heteroatoms. The van der Waals surface area contributed by atoms with E-state index in [0.717, 1.165) is 18.2 Å². The molecule has 0 bridgehead atoms. The number of non-ortho nitro benzene ring substituents is 1. The lowest BCUT2D eigenvalue weighted by molar-refractivity contribution is -0.384. The molecule has 18 heavy (non-hydrogen) atoms. The summed E-state index contributed by atoms with van der Waals surface area (Å²) in [5.74, 6) is -0.197. The van der Waals surface area contributed by atoms with E-state index in [1.807, 2.05) is 6.92 Å². The minimum atomic E-state index is -0.485.